The van der Waals surface area contributed by atoms with Gasteiger partial charge >= 0.3 is 0 Å². The predicted octanol–water partition coefficient (Wildman–Crippen LogP) is 2.32. The van der Waals surface area contributed by atoms with Crippen molar-refractivity contribution in [3.05, 3.63) is 0 Å². The summed E-state index contributed by atoms with van der Waals surface area (Å²) in [6, 6.07) is 0. The van der Waals surface area contributed by atoms with Gasteiger partial charge in [-0.1, -0.05) is 13.3 Å². The van der Waals surface area contributed by atoms with E-state index >= 15 is 0 Å². The van der Waals surface area contributed by atoms with E-state index in [2.05, 4.69) is 20.6 Å². The molecule has 1 aromatic heterocycles. The van der Waals surface area contributed by atoms with Crippen molar-refractivity contribution in [2.75, 3.05) is 24.6 Å². The summed E-state index contributed by atoms with van der Waals surface area (Å²) >= 11 is 1.24. The lowest BCUT2D eigenvalue weighted by Crippen LogP contribution is -2.19. The second-order valence-electron chi connectivity index (χ2n) is 3.79. The maximum atomic E-state index is 5.63. The number of aromatic nitrogens is 2. The third-order valence-corrected chi connectivity index (χ3v) is 3.09. The van der Waals surface area contributed by atoms with Gasteiger partial charge in [0.25, 0.3) is 5.88 Å². The average Bonchev–Trinajstić information content (AvgIpc) is 2.87. The van der Waals surface area contributed by atoms with Gasteiger partial charge in [-0.25, -0.2) is 0 Å². The lowest BCUT2D eigenvalue weighted by molar-refractivity contribution is 0.301. The first kappa shape index (κ1) is 10.7. The van der Waals surface area contributed by atoms with Gasteiger partial charge in [-0.3, -0.25) is 0 Å². The van der Waals surface area contributed by atoms with Gasteiger partial charge in [-0.05, 0) is 19.3 Å². The van der Waals surface area contributed by atoms with E-state index in [-0.39, 0.29) is 0 Å². The minimum absolute atomic E-state index is 0.732. The molecule has 1 fully saturated rings. The van der Waals surface area contributed by atoms with Crippen molar-refractivity contribution in [1.82, 2.24) is 8.75 Å². The summed E-state index contributed by atoms with van der Waals surface area (Å²) in [4.78, 5) is 2.27. The van der Waals surface area contributed by atoms with Crippen LogP contribution in [0.1, 0.15) is 32.6 Å². The lowest BCUT2D eigenvalue weighted by atomic mass is 10.4. The Labute approximate surface area is 94.6 Å². The Bertz CT molecular complexity index is 297. The highest BCUT2D eigenvalue weighted by Gasteiger charge is 2.20. The third-order valence-electron chi connectivity index (χ3n) is 2.58. The Hall–Kier alpha value is -0.840. The number of rotatable bonds is 5. The van der Waals surface area contributed by atoms with Gasteiger partial charge in [0, 0.05) is 13.1 Å². The van der Waals surface area contributed by atoms with Crippen molar-refractivity contribution in [2.24, 2.45) is 0 Å². The van der Waals surface area contributed by atoms with Crippen LogP contribution < -0.4 is 9.64 Å². The molecule has 2 heterocycles. The van der Waals surface area contributed by atoms with Gasteiger partial charge in [-0.15, -0.1) is 4.37 Å². The van der Waals surface area contributed by atoms with Crippen LogP contribution in [0, 0.1) is 0 Å². The van der Waals surface area contributed by atoms with Crippen LogP contribution in [0.2, 0.25) is 0 Å². The summed E-state index contributed by atoms with van der Waals surface area (Å²) in [6.45, 7) is 5.10. The van der Waals surface area contributed by atoms with Gasteiger partial charge in [-0.2, -0.15) is 4.37 Å². The van der Waals surface area contributed by atoms with E-state index in [0.29, 0.717) is 0 Å². The highest BCUT2D eigenvalue weighted by Crippen LogP contribution is 2.28. The first-order valence-electron chi connectivity index (χ1n) is 5.62. The lowest BCUT2D eigenvalue weighted by Gasteiger charge is -2.14. The molecule has 2 rings (SSSR count). The number of hydrogen-bond acceptors (Lipinski definition) is 5. The molecule has 0 radical (unpaired) electrons. The molecule has 0 bridgehead atoms. The van der Waals surface area contributed by atoms with E-state index in [1.165, 1.54) is 24.6 Å². The summed E-state index contributed by atoms with van der Waals surface area (Å²) in [5.41, 5.74) is 0. The minimum atomic E-state index is 0.732. The Morgan fingerprint density at radius 3 is 2.87 bits per heavy atom. The Morgan fingerprint density at radius 2 is 2.13 bits per heavy atom. The monoisotopic (exact) mass is 227 g/mol. The van der Waals surface area contributed by atoms with Crippen LogP contribution in [-0.2, 0) is 0 Å². The molecule has 1 aliphatic rings. The fourth-order valence-corrected chi connectivity index (χ4v) is 2.22. The molecule has 0 aromatic carbocycles. The summed E-state index contributed by atoms with van der Waals surface area (Å²) in [6.07, 6.45) is 4.74. The fraction of sp³-hybridized carbons (Fsp3) is 0.800. The van der Waals surface area contributed by atoms with Gasteiger partial charge in [0.2, 0.25) is 5.82 Å². The number of ether oxygens (including phenoxy) is 1. The number of unbranched alkanes of at least 4 members (excludes halogenated alkanes) is 1. The molecule has 1 aromatic rings. The van der Waals surface area contributed by atoms with Crippen LogP contribution in [0.3, 0.4) is 0 Å². The molecule has 0 atom stereocenters. The molecule has 0 N–H and O–H groups in total. The molecular formula is C10H17N3OS. The Kier molecular flexibility index (Phi) is 3.77. The van der Waals surface area contributed by atoms with Crippen LogP contribution in [-0.4, -0.2) is 28.4 Å². The molecule has 0 unspecified atom stereocenters. The standard InChI is InChI=1S/C10H17N3OS/c1-2-3-8-14-10-9(11-15-12-10)13-6-4-5-7-13/h2-8H2,1H3. The van der Waals surface area contributed by atoms with E-state index in [1.54, 1.807) is 0 Å². The zero-order chi connectivity index (χ0) is 10.5. The van der Waals surface area contributed by atoms with Crippen molar-refractivity contribution >= 4 is 17.5 Å². The maximum absolute atomic E-state index is 5.63. The van der Waals surface area contributed by atoms with Gasteiger partial charge in [0.05, 0.1) is 18.3 Å². The summed E-state index contributed by atoms with van der Waals surface area (Å²) in [5, 5.41) is 0. The second-order valence-corrected chi connectivity index (χ2v) is 4.32. The molecule has 0 spiro atoms. The predicted molar refractivity (Wildman–Crippen MR) is 61.8 cm³/mol. The van der Waals surface area contributed by atoms with Crippen molar-refractivity contribution in [3.8, 4) is 5.88 Å². The number of nitrogens with zero attached hydrogens (tertiary/aromatic N) is 3. The molecule has 0 aliphatic carbocycles. The summed E-state index contributed by atoms with van der Waals surface area (Å²) < 4.78 is 14.1. The third kappa shape index (κ3) is 2.59. The van der Waals surface area contributed by atoms with E-state index in [0.717, 1.165) is 44.2 Å². The molecule has 1 aliphatic heterocycles. The Morgan fingerprint density at radius 1 is 1.33 bits per heavy atom. The fourth-order valence-electron chi connectivity index (χ4n) is 1.70. The van der Waals surface area contributed by atoms with Crippen molar-refractivity contribution < 1.29 is 4.74 Å². The smallest absolute Gasteiger partial charge is 0.270 e. The Balaban J connectivity index is 1.95. The van der Waals surface area contributed by atoms with Gasteiger partial charge in [0.1, 0.15) is 0 Å². The van der Waals surface area contributed by atoms with Gasteiger partial charge in [0.15, 0.2) is 0 Å². The molecule has 1 saturated heterocycles. The first-order chi connectivity index (χ1) is 7.42. The first-order valence-corrected chi connectivity index (χ1v) is 6.35. The highest BCUT2D eigenvalue weighted by molar-refractivity contribution is 6.99. The van der Waals surface area contributed by atoms with Crippen LogP contribution in [0.15, 0.2) is 0 Å². The van der Waals surface area contributed by atoms with Crippen molar-refractivity contribution in [2.45, 2.75) is 32.6 Å². The molecule has 15 heavy (non-hydrogen) atoms. The molecule has 84 valence electrons. The van der Waals surface area contributed by atoms with Crippen LogP contribution in [0.25, 0.3) is 0 Å². The number of hydrogen-bond donors (Lipinski definition) is 0. The number of anilines is 1. The summed E-state index contributed by atoms with van der Waals surface area (Å²) in [7, 11) is 0. The molecule has 0 amide bonds. The zero-order valence-corrected chi connectivity index (χ0v) is 9.92. The zero-order valence-electron chi connectivity index (χ0n) is 9.11. The van der Waals surface area contributed by atoms with Gasteiger partial charge < -0.3 is 9.64 Å². The molecule has 5 heteroatoms. The quantitative estimate of drug-likeness (QED) is 0.724. The minimum Gasteiger partial charge on any atom is -0.474 e. The van der Waals surface area contributed by atoms with Crippen LogP contribution in [0.5, 0.6) is 5.88 Å². The van der Waals surface area contributed by atoms with Crippen LogP contribution in [0.4, 0.5) is 5.82 Å². The van der Waals surface area contributed by atoms with E-state index in [1.807, 2.05) is 0 Å². The SMILES string of the molecule is CCCCOc1nsnc1N1CCCC1. The van der Waals surface area contributed by atoms with Crippen LogP contribution >= 0.6 is 11.7 Å². The summed E-state index contributed by atoms with van der Waals surface area (Å²) in [5.74, 6) is 1.68. The largest absolute Gasteiger partial charge is 0.474 e. The maximum Gasteiger partial charge on any atom is 0.270 e. The highest BCUT2D eigenvalue weighted by atomic mass is 32.1. The van der Waals surface area contributed by atoms with E-state index < -0.39 is 0 Å². The second kappa shape index (κ2) is 5.30. The van der Waals surface area contributed by atoms with Crippen molar-refractivity contribution in [1.29, 1.82) is 0 Å². The molecule has 0 saturated carbocycles. The van der Waals surface area contributed by atoms with Crippen molar-refractivity contribution in [3.63, 3.8) is 0 Å². The average molecular weight is 227 g/mol. The van der Waals surface area contributed by atoms with E-state index in [9.17, 15) is 0 Å². The van der Waals surface area contributed by atoms with E-state index in [4.69, 9.17) is 4.74 Å². The topological polar surface area (TPSA) is 38.3 Å². The molecular weight excluding hydrogens is 210 g/mol. The normalized spacial score (nSPS) is 15.9. The molecule has 4 nitrogen and oxygen atoms in total.